The molecule has 192 valence electrons. The molecule has 1 aliphatic heterocycles. The number of nitrogens with one attached hydrogen (secondary N) is 2. The van der Waals surface area contributed by atoms with E-state index in [1.165, 1.54) is 6.07 Å². The van der Waals surface area contributed by atoms with Gasteiger partial charge in [0.05, 0.1) is 0 Å². The number of carboxylic acid groups (broad SMARTS) is 1. The number of rotatable bonds is 10. The number of hydrogen-bond acceptors (Lipinski definition) is 9. The number of hydrogen-bond donors (Lipinski definition) is 6. The summed E-state index contributed by atoms with van der Waals surface area (Å²) in [6, 6.07) is -0.0393. The Morgan fingerprint density at radius 2 is 1.86 bits per heavy atom. The van der Waals surface area contributed by atoms with E-state index >= 15 is 0 Å². The lowest BCUT2D eigenvalue weighted by molar-refractivity contribution is -0.161. The van der Waals surface area contributed by atoms with Crippen LogP contribution in [-0.4, -0.2) is 81.4 Å². The van der Waals surface area contributed by atoms with E-state index in [0.717, 1.165) is 30.2 Å². The highest BCUT2D eigenvalue weighted by Crippen LogP contribution is 2.29. The van der Waals surface area contributed by atoms with Crippen LogP contribution in [0.25, 0.3) is 0 Å². The summed E-state index contributed by atoms with van der Waals surface area (Å²) in [5, 5.41) is 34.7. The number of aliphatic carboxylic acids is 1. The van der Waals surface area contributed by atoms with Gasteiger partial charge < -0.3 is 25.5 Å². The summed E-state index contributed by atoms with van der Waals surface area (Å²) in [5.74, 6) is -5.03. The number of carbonyl (C=O) groups is 4. The summed E-state index contributed by atoms with van der Waals surface area (Å²) in [5.41, 5.74) is 2.07. The Bertz CT molecular complexity index is 1130. The Hall–Kier alpha value is -3.68. The Labute approximate surface area is 202 Å². The molecule has 4 atom stereocenters. The van der Waals surface area contributed by atoms with Crippen LogP contribution >= 0.6 is 0 Å². The normalized spacial score (nSPS) is 19.2. The molecule has 14 heteroatoms. The summed E-state index contributed by atoms with van der Waals surface area (Å²) < 4.78 is 21.9. The van der Waals surface area contributed by atoms with Crippen LogP contribution in [0.4, 0.5) is 0 Å². The van der Waals surface area contributed by atoms with Crippen molar-refractivity contribution in [1.29, 1.82) is 0 Å². The second kappa shape index (κ2) is 10.7. The van der Waals surface area contributed by atoms with E-state index in [2.05, 4.69) is 15.8 Å². The number of hydrazone groups is 1. The number of carboxylic acids is 1. The van der Waals surface area contributed by atoms with E-state index in [9.17, 15) is 42.9 Å². The highest BCUT2D eigenvalue weighted by atomic mass is 32.2. The molecule has 5 N–H and O–H groups in total. The molecule has 1 heterocycles. The van der Waals surface area contributed by atoms with Crippen molar-refractivity contribution < 1.29 is 42.9 Å². The predicted octanol–water partition coefficient (Wildman–Crippen LogP) is -0.602. The van der Waals surface area contributed by atoms with Crippen molar-refractivity contribution in [3.63, 3.8) is 0 Å². The maximum atomic E-state index is 12.7. The van der Waals surface area contributed by atoms with E-state index in [4.69, 9.17) is 0 Å². The van der Waals surface area contributed by atoms with Crippen LogP contribution in [0, 0.1) is 5.92 Å². The third-order valence-electron chi connectivity index (χ3n) is 5.67. The molecule has 1 saturated heterocycles. The van der Waals surface area contributed by atoms with Crippen LogP contribution in [0.2, 0.25) is 0 Å². The van der Waals surface area contributed by atoms with Gasteiger partial charge in [0, 0.05) is 24.2 Å². The first kappa shape index (κ1) is 27.6. The maximum Gasteiger partial charge on any atom is 0.328 e. The molecule has 1 unspecified atom stereocenters. The van der Waals surface area contributed by atoms with Crippen molar-refractivity contribution in [3.05, 3.63) is 23.8 Å². The summed E-state index contributed by atoms with van der Waals surface area (Å²) in [6.45, 7) is 5.90. The molecule has 35 heavy (non-hydrogen) atoms. The maximum absolute atomic E-state index is 12.7. The first-order chi connectivity index (χ1) is 16.2. The average Bonchev–Trinajstić information content (AvgIpc) is 2.76. The first-order valence-electron chi connectivity index (χ1n) is 10.6. The lowest BCUT2D eigenvalue weighted by Gasteiger charge is -2.45. The van der Waals surface area contributed by atoms with Gasteiger partial charge >= 0.3 is 5.97 Å². The fraction of sp³-hybridized carbons (Fsp3) is 0.476. The molecule has 0 aliphatic carbocycles. The van der Waals surface area contributed by atoms with Gasteiger partial charge in [-0.1, -0.05) is 13.8 Å². The largest absolute Gasteiger partial charge is 0.504 e. The van der Waals surface area contributed by atoms with Crippen LogP contribution in [0.3, 0.4) is 0 Å². The van der Waals surface area contributed by atoms with Crippen LogP contribution in [0.5, 0.6) is 11.5 Å². The minimum absolute atomic E-state index is 0.0317. The quantitative estimate of drug-likeness (QED) is 0.0777. The van der Waals surface area contributed by atoms with Gasteiger partial charge in [0.2, 0.25) is 5.91 Å². The lowest BCUT2D eigenvalue weighted by Crippen LogP contribution is -2.66. The van der Waals surface area contributed by atoms with Crippen molar-refractivity contribution in [3.8, 4) is 11.5 Å². The van der Waals surface area contributed by atoms with Crippen molar-refractivity contribution in [2.45, 2.75) is 57.0 Å². The van der Waals surface area contributed by atoms with E-state index in [0.29, 0.717) is 0 Å². The van der Waals surface area contributed by atoms with Crippen molar-refractivity contribution in [2.24, 2.45) is 11.0 Å². The molecule has 1 aromatic rings. The number of amides is 3. The van der Waals surface area contributed by atoms with E-state index in [-0.39, 0.29) is 12.0 Å². The third-order valence-corrected chi connectivity index (χ3v) is 6.81. The Balaban J connectivity index is 2.21. The number of β-lactam (4-membered cyclic amide) rings is 1. The van der Waals surface area contributed by atoms with Gasteiger partial charge in [0.15, 0.2) is 28.2 Å². The third kappa shape index (κ3) is 5.88. The number of aromatic hydroxyl groups is 2. The van der Waals surface area contributed by atoms with Gasteiger partial charge in [-0.2, -0.15) is 5.10 Å². The van der Waals surface area contributed by atoms with Gasteiger partial charge in [-0.15, -0.1) is 0 Å². The number of benzene rings is 1. The van der Waals surface area contributed by atoms with Crippen molar-refractivity contribution >= 4 is 40.6 Å². The molecule has 3 amide bonds. The average molecular weight is 513 g/mol. The zero-order valence-electron chi connectivity index (χ0n) is 19.5. The minimum Gasteiger partial charge on any atom is -0.504 e. The number of phenols is 2. The van der Waals surface area contributed by atoms with Crippen LogP contribution in [-0.2, 0) is 25.1 Å². The molecule has 0 spiro atoms. The standard InChI is InChI=1S/C21H28N4O9S/c1-10(2)16(23-18(29)12-5-6-13(26)14(27)8-12)19(30)24-22-9-21(4,35(33)34)17(20(31)32)25-11(3)7-15(25)28/h5-6,8-11,16-17,26-27,35H,7H2,1-4H3,(H,23,29)(H,24,30)(H,31,32)/b22-9+/t11-,16?,17+,21+/m1/s1. The number of likely N-dealkylation sites (tertiary alicyclic amines) is 1. The second-order valence-electron chi connectivity index (χ2n) is 8.71. The molecule has 0 bridgehead atoms. The predicted molar refractivity (Wildman–Crippen MR) is 124 cm³/mol. The topological polar surface area (TPSA) is 203 Å². The molecule has 0 radical (unpaired) electrons. The van der Waals surface area contributed by atoms with Crippen LogP contribution in [0.15, 0.2) is 23.3 Å². The summed E-state index contributed by atoms with van der Waals surface area (Å²) in [7, 11) is -3.46. The minimum atomic E-state index is -3.46. The van der Waals surface area contributed by atoms with E-state index in [1.807, 2.05) is 0 Å². The van der Waals surface area contributed by atoms with Gasteiger partial charge in [0.25, 0.3) is 11.8 Å². The zero-order valence-corrected chi connectivity index (χ0v) is 20.4. The Morgan fingerprint density at radius 1 is 1.23 bits per heavy atom. The second-order valence-corrected chi connectivity index (χ2v) is 10.2. The molecule has 1 fully saturated rings. The van der Waals surface area contributed by atoms with Crippen LogP contribution < -0.4 is 10.7 Å². The van der Waals surface area contributed by atoms with E-state index < -0.39 is 74.7 Å². The summed E-state index contributed by atoms with van der Waals surface area (Å²) >= 11 is 0. The number of thiol groups is 1. The monoisotopic (exact) mass is 512 g/mol. The lowest BCUT2D eigenvalue weighted by atomic mass is 9.92. The van der Waals surface area contributed by atoms with Crippen molar-refractivity contribution in [2.75, 3.05) is 0 Å². The van der Waals surface area contributed by atoms with Gasteiger partial charge in [-0.3, -0.25) is 14.4 Å². The molecule has 1 aliphatic rings. The van der Waals surface area contributed by atoms with Crippen LogP contribution in [0.1, 0.15) is 44.5 Å². The molecule has 1 aromatic carbocycles. The molecule has 0 aromatic heterocycles. The SMILES string of the molecule is CC(C)C(NC(=O)c1ccc(O)c(O)c1)C(=O)N/N=C/[C@@](C)([C@H](C(=O)O)N1C(=O)C[C@H]1C)[SH](=O)=O. The smallest absolute Gasteiger partial charge is 0.328 e. The highest BCUT2D eigenvalue weighted by Gasteiger charge is 2.52. The Kier molecular flexibility index (Phi) is 8.44. The highest BCUT2D eigenvalue weighted by molar-refractivity contribution is 7.75. The van der Waals surface area contributed by atoms with E-state index in [1.54, 1.807) is 20.8 Å². The first-order valence-corrected chi connectivity index (χ1v) is 11.7. The number of carbonyl (C=O) groups excluding carboxylic acids is 3. The number of nitrogens with zero attached hydrogens (tertiary/aromatic N) is 2. The molecule has 0 saturated carbocycles. The zero-order chi connectivity index (χ0) is 26.7. The molecular weight excluding hydrogens is 484 g/mol. The Morgan fingerprint density at radius 3 is 2.31 bits per heavy atom. The number of phenolic OH excluding ortho intramolecular Hbond substituents is 2. The molecule has 2 rings (SSSR count). The van der Waals surface area contributed by atoms with Crippen molar-refractivity contribution in [1.82, 2.24) is 15.6 Å². The fourth-order valence-electron chi connectivity index (χ4n) is 3.58. The van der Waals surface area contributed by atoms with Gasteiger partial charge in [0.1, 0.15) is 10.8 Å². The summed E-state index contributed by atoms with van der Waals surface area (Å²) in [6.07, 6.45) is 0.822. The van der Waals surface area contributed by atoms with Gasteiger partial charge in [-0.05, 0) is 38.0 Å². The summed E-state index contributed by atoms with van der Waals surface area (Å²) in [4.78, 5) is 49.9. The molecular formula is C21H28N4O9S. The fourth-order valence-corrected chi connectivity index (χ4v) is 4.16. The molecule has 13 nitrogen and oxygen atoms in total. The van der Waals surface area contributed by atoms with Gasteiger partial charge in [-0.25, -0.2) is 18.6 Å².